The molecule has 0 saturated heterocycles. The standard InChI is InChI=1S/C26H33NO4/c1-4-5-6-7-8-12-17-27-23-18-21(31-19-20-13-10-9-11-14-20)15-16-22(23)24(29-2)25(30-3)26(27)28/h9-11,13-16,18H,4-8,12,17,19H2,1-3H3. The molecule has 0 aliphatic heterocycles. The van der Waals surface area contributed by atoms with Gasteiger partial charge < -0.3 is 18.8 Å². The van der Waals surface area contributed by atoms with Gasteiger partial charge in [-0.25, -0.2) is 0 Å². The van der Waals surface area contributed by atoms with Gasteiger partial charge in [0.25, 0.3) is 5.56 Å². The summed E-state index contributed by atoms with van der Waals surface area (Å²) in [6.07, 6.45) is 6.98. The van der Waals surface area contributed by atoms with Crippen LogP contribution in [0.3, 0.4) is 0 Å². The first-order valence-corrected chi connectivity index (χ1v) is 11.1. The summed E-state index contributed by atoms with van der Waals surface area (Å²) >= 11 is 0. The SMILES string of the molecule is CCCCCCCCn1c(=O)c(OC)c(OC)c2ccc(OCc3ccccc3)cc21. The summed E-state index contributed by atoms with van der Waals surface area (Å²) in [4.78, 5) is 13.2. The molecule has 166 valence electrons. The second-order valence-corrected chi connectivity index (χ2v) is 7.74. The smallest absolute Gasteiger partial charge is 0.297 e. The molecule has 1 heterocycles. The van der Waals surface area contributed by atoms with E-state index < -0.39 is 0 Å². The quantitative estimate of drug-likeness (QED) is 0.337. The normalized spacial score (nSPS) is 10.9. The number of pyridine rings is 1. The van der Waals surface area contributed by atoms with Gasteiger partial charge in [-0.1, -0.05) is 69.4 Å². The maximum Gasteiger partial charge on any atom is 0.297 e. The van der Waals surface area contributed by atoms with Crippen LogP contribution in [0.5, 0.6) is 17.2 Å². The Bertz CT molecular complexity index is 1030. The first-order valence-electron chi connectivity index (χ1n) is 11.1. The number of nitrogens with zero attached hydrogens (tertiary/aromatic N) is 1. The van der Waals surface area contributed by atoms with E-state index >= 15 is 0 Å². The zero-order chi connectivity index (χ0) is 22.1. The fourth-order valence-electron chi connectivity index (χ4n) is 3.86. The number of hydrogen-bond donors (Lipinski definition) is 0. The minimum atomic E-state index is -0.166. The molecule has 5 heteroatoms. The predicted molar refractivity (Wildman–Crippen MR) is 125 cm³/mol. The lowest BCUT2D eigenvalue weighted by Gasteiger charge is -2.17. The lowest BCUT2D eigenvalue weighted by Crippen LogP contribution is -2.23. The minimum absolute atomic E-state index is 0.166. The molecule has 0 atom stereocenters. The van der Waals surface area contributed by atoms with E-state index in [2.05, 4.69) is 6.92 Å². The van der Waals surface area contributed by atoms with Crippen LogP contribution in [0.4, 0.5) is 0 Å². The summed E-state index contributed by atoms with van der Waals surface area (Å²) in [5.74, 6) is 1.44. The van der Waals surface area contributed by atoms with Gasteiger partial charge in [0.1, 0.15) is 12.4 Å². The molecule has 0 unspecified atom stereocenters. The molecular formula is C26H33NO4. The second kappa shape index (κ2) is 11.4. The van der Waals surface area contributed by atoms with Crippen molar-refractivity contribution >= 4 is 10.9 Å². The molecule has 2 aromatic carbocycles. The van der Waals surface area contributed by atoms with Crippen LogP contribution < -0.4 is 19.8 Å². The van der Waals surface area contributed by atoms with Crippen LogP contribution in [0.25, 0.3) is 10.9 Å². The van der Waals surface area contributed by atoms with Crippen molar-refractivity contribution in [3.63, 3.8) is 0 Å². The van der Waals surface area contributed by atoms with Gasteiger partial charge in [-0.2, -0.15) is 0 Å². The summed E-state index contributed by atoms with van der Waals surface area (Å²) < 4.78 is 18.8. The highest BCUT2D eigenvalue weighted by atomic mass is 16.5. The third-order valence-electron chi connectivity index (χ3n) is 5.54. The lowest BCUT2D eigenvalue weighted by molar-refractivity contribution is 0.306. The highest BCUT2D eigenvalue weighted by Gasteiger charge is 2.18. The number of fused-ring (bicyclic) bond motifs is 1. The van der Waals surface area contributed by atoms with Crippen LogP contribution >= 0.6 is 0 Å². The number of unbranched alkanes of at least 4 members (excludes halogenated alkanes) is 5. The van der Waals surface area contributed by atoms with Crippen molar-refractivity contribution in [1.82, 2.24) is 4.57 Å². The van der Waals surface area contributed by atoms with Crippen LogP contribution in [0.1, 0.15) is 51.0 Å². The van der Waals surface area contributed by atoms with Crippen LogP contribution in [-0.2, 0) is 13.2 Å². The number of hydrogen-bond acceptors (Lipinski definition) is 4. The van der Waals surface area contributed by atoms with Crippen molar-refractivity contribution in [3.8, 4) is 17.2 Å². The van der Waals surface area contributed by atoms with Gasteiger partial charge in [0.15, 0.2) is 5.75 Å². The van der Waals surface area contributed by atoms with E-state index in [0.717, 1.165) is 35.1 Å². The third-order valence-corrected chi connectivity index (χ3v) is 5.54. The van der Waals surface area contributed by atoms with Gasteiger partial charge in [0.2, 0.25) is 5.75 Å². The molecule has 0 radical (unpaired) electrons. The topological polar surface area (TPSA) is 49.7 Å². The average molecular weight is 424 g/mol. The molecule has 0 amide bonds. The number of rotatable bonds is 12. The van der Waals surface area contributed by atoms with Crippen molar-refractivity contribution in [1.29, 1.82) is 0 Å². The van der Waals surface area contributed by atoms with Gasteiger partial charge in [-0.3, -0.25) is 4.79 Å². The predicted octanol–water partition coefficient (Wildman–Crippen LogP) is 5.96. The van der Waals surface area contributed by atoms with Gasteiger partial charge in [-0.15, -0.1) is 0 Å². The van der Waals surface area contributed by atoms with Gasteiger partial charge in [0.05, 0.1) is 19.7 Å². The zero-order valence-electron chi connectivity index (χ0n) is 18.9. The highest BCUT2D eigenvalue weighted by Crippen LogP contribution is 2.34. The Balaban J connectivity index is 1.90. The maximum atomic E-state index is 13.2. The lowest BCUT2D eigenvalue weighted by atomic mass is 10.1. The van der Waals surface area contributed by atoms with Crippen LogP contribution in [0.15, 0.2) is 53.3 Å². The summed E-state index contributed by atoms with van der Waals surface area (Å²) in [6.45, 7) is 3.33. The minimum Gasteiger partial charge on any atom is -0.492 e. The molecule has 0 aliphatic rings. The van der Waals surface area contributed by atoms with Crippen LogP contribution in [-0.4, -0.2) is 18.8 Å². The van der Waals surface area contributed by atoms with Gasteiger partial charge in [0, 0.05) is 18.0 Å². The molecule has 3 rings (SSSR count). The van der Waals surface area contributed by atoms with E-state index in [0.29, 0.717) is 18.9 Å². The third kappa shape index (κ3) is 5.60. The summed E-state index contributed by atoms with van der Waals surface area (Å²) in [7, 11) is 3.08. The van der Waals surface area contributed by atoms with E-state index in [4.69, 9.17) is 14.2 Å². The van der Waals surface area contributed by atoms with E-state index in [1.807, 2.05) is 48.5 Å². The van der Waals surface area contributed by atoms with Crippen molar-refractivity contribution < 1.29 is 14.2 Å². The first kappa shape index (κ1) is 22.7. The van der Waals surface area contributed by atoms with Crippen LogP contribution in [0.2, 0.25) is 0 Å². The monoisotopic (exact) mass is 423 g/mol. The van der Waals surface area contributed by atoms with Crippen LogP contribution in [0, 0.1) is 0 Å². The van der Waals surface area contributed by atoms with E-state index in [1.54, 1.807) is 11.7 Å². The summed E-state index contributed by atoms with van der Waals surface area (Å²) in [6, 6.07) is 15.8. The summed E-state index contributed by atoms with van der Waals surface area (Å²) in [5, 5.41) is 0.844. The molecular weight excluding hydrogens is 390 g/mol. The Morgan fingerprint density at radius 2 is 1.55 bits per heavy atom. The molecule has 31 heavy (non-hydrogen) atoms. The second-order valence-electron chi connectivity index (χ2n) is 7.74. The average Bonchev–Trinajstić information content (AvgIpc) is 2.81. The molecule has 0 fully saturated rings. The molecule has 0 bridgehead atoms. The molecule has 0 saturated carbocycles. The van der Waals surface area contributed by atoms with Crippen molar-refractivity contribution in [2.24, 2.45) is 0 Å². The van der Waals surface area contributed by atoms with Crippen molar-refractivity contribution in [3.05, 3.63) is 64.4 Å². The molecule has 1 aromatic heterocycles. The van der Waals surface area contributed by atoms with Crippen molar-refractivity contribution in [2.45, 2.75) is 58.6 Å². The van der Waals surface area contributed by atoms with E-state index in [9.17, 15) is 4.79 Å². The fraction of sp³-hybridized carbons (Fsp3) is 0.423. The van der Waals surface area contributed by atoms with E-state index in [1.165, 1.54) is 32.8 Å². The first-order chi connectivity index (χ1) is 15.2. The Morgan fingerprint density at radius 3 is 2.26 bits per heavy atom. The Morgan fingerprint density at radius 1 is 0.839 bits per heavy atom. The number of ether oxygens (including phenoxy) is 3. The summed E-state index contributed by atoms with van der Waals surface area (Å²) in [5.41, 5.74) is 1.74. The van der Waals surface area contributed by atoms with E-state index in [-0.39, 0.29) is 11.3 Å². The Labute approximate surface area is 184 Å². The molecule has 0 spiro atoms. The number of methoxy groups -OCH3 is 2. The Kier molecular flexibility index (Phi) is 8.39. The largest absolute Gasteiger partial charge is 0.492 e. The fourth-order valence-corrected chi connectivity index (χ4v) is 3.86. The van der Waals surface area contributed by atoms with Gasteiger partial charge in [-0.05, 0) is 24.1 Å². The number of aromatic nitrogens is 1. The van der Waals surface area contributed by atoms with Crippen molar-refractivity contribution in [2.75, 3.05) is 14.2 Å². The maximum absolute atomic E-state index is 13.2. The Hall–Kier alpha value is -2.95. The zero-order valence-corrected chi connectivity index (χ0v) is 18.9. The molecule has 5 nitrogen and oxygen atoms in total. The number of benzene rings is 2. The number of aryl methyl sites for hydroxylation is 1. The molecule has 0 N–H and O–H groups in total. The molecule has 0 aliphatic carbocycles. The molecule has 3 aromatic rings. The highest BCUT2D eigenvalue weighted by molar-refractivity contribution is 5.89. The van der Waals surface area contributed by atoms with Gasteiger partial charge >= 0.3 is 0 Å².